The molecule has 0 aromatic heterocycles. The monoisotopic (exact) mass is 239 g/mol. The summed E-state index contributed by atoms with van der Waals surface area (Å²) in [5.41, 5.74) is 1.75. The van der Waals surface area contributed by atoms with Crippen LogP contribution in [-0.4, -0.2) is 6.54 Å². The number of halogens is 2. The number of nitrogens with one attached hydrogen (secondary N) is 1. The van der Waals surface area contributed by atoms with E-state index in [1.165, 1.54) is 12.1 Å². The van der Waals surface area contributed by atoms with Gasteiger partial charge in [0.1, 0.15) is 5.82 Å². The maximum Gasteiger partial charge on any atom is 0.123 e. The highest BCUT2D eigenvalue weighted by atomic mass is 35.5. The summed E-state index contributed by atoms with van der Waals surface area (Å²) >= 11 is 5.67. The van der Waals surface area contributed by atoms with Gasteiger partial charge in [-0.15, -0.1) is 0 Å². The lowest BCUT2D eigenvalue weighted by atomic mass is 10.2. The molecule has 0 aliphatic carbocycles. The first-order valence-electron chi connectivity index (χ1n) is 5.07. The van der Waals surface area contributed by atoms with Crippen molar-refractivity contribution in [2.75, 3.05) is 6.54 Å². The molecule has 86 valence electrons. The lowest BCUT2D eigenvalue weighted by molar-refractivity contribution is 0.620. The van der Waals surface area contributed by atoms with Crippen LogP contribution in [0.25, 0.3) is 0 Å². The second-order valence-corrected chi connectivity index (χ2v) is 4.02. The standard InChI is InChI=1S/C13H15ClFN/c1-10(11(2)14)6-7-16-9-12-4-3-5-13(15)8-12/h3-5,8,16H,1-2,6-7,9H2. The van der Waals surface area contributed by atoms with Crippen LogP contribution in [0.2, 0.25) is 0 Å². The third-order valence-electron chi connectivity index (χ3n) is 2.21. The molecule has 1 nitrogen and oxygen atoms in total. The molecule has 0 amide bonds. The van der Waals surface area contributed by atoms with Crippen LogP contribution in [0.3, 0.4) is 0 Å². The van der Waals surface area contributed by atoms with Crippen LogP contribution >= 0.6 is 11.6 Å². The molecule has 0 aliphatic rings. The maximum absolute atomic E-state index is 12.8. The Bertz CT molecular complexity index is 387. The molecule has 16 heavy (non-hydrogen) atoms. The van der Waals surface area contributed by atoms with Gasteiger partial charge in [-0.05, 0) is 36.2 Å². The number of hydrogen-bond acceptors (Lipinski definition) is 1. The highest BCUT2D eigenvalue weighted by Crippen LogP contribution is 2.12. The van der Waals surface area contributed by atoms with E-state index in [1.807, 2.05) is 6.07 Å². The Morgan fingerprint density at radius 2 is 2.12 bits per heavy atom. The second kappa shape index (κ2) is 6.46. The SMILES string of the molecule is C=C(Cl)C(=C)CCNCc1cccc(F)c1. The Balaban J connectivity index is 2.26. The minimum atomic E-state index is -0.210. The normalized spacial score (nSPS) is 10.1. The van der Waals surface area contributed by atoms with Gasteiger partial charge in [0.25, 0.3) is 0 Å². The smallest absolute Gasteiger partial charge is 0.123 e. The van der Waals surface area contributed by atoms with Crippen molar-refractivity contribution in [2.45, 2.75) is 13.0 Å². The van der Waals surface area contributed by atoms with Crippen molar-refractivity contribution in [1.29, 1.82) is 0 Å². The average Bonchev–Trinajstić information content (AvgIpc) is 2.24. The van der Waals surface area contributed by atoms with Gasteiger partial charge < -0.3 is 5.32 Å². The van der Waals surface area contributed by atoms with E-state index < -0.39 is 0 Å². The van der Waals surface area contributed by atoms with Crippen LogP contribution in [0.4, 0.5) is 4.39 Å². The minimum Gasteiger partial charge on any atom is -0.312 e. The number of benzene rings is 1. The molecular formula is C13H15ClFN. The van der Waals surface area contributed by atoms with Gasteiger partial charge in [0.05, 0.1) is 0 Å². The van der Waals surface area contributed by atoms with Gasteiger partial charge in [-0.1, -0.05) is 36.9 Å². The van der Waals surface area contributed by atoms with E-state index in [-0.39, 0.29) is 5.82 Å². The van der Waals surface area contributed by atoms with Gasteiger partial charge in [0, 0.05) is 11.6 Å². The maximum atomic E-state index is 12.8. The van der Waals surface area contributed by atoms with E-state index in [2.05, 4.69) is 18.5 Å². The zero-order chi connectivity index (χ0) is 12.0. The Morgan fingerprint density at radius 3 is 2.75 bits per heavy atom. The van der Waals surface area contributed by atoms with Crippen LogP contribution in [-0.2, 0) is 6.54 Å². The first-order valence-corrected chi connectivity index (χ1v) is 5.45. The van der Waals surface area contributed by atoms with E-state index in [0.29, 0.717) is 11.6 Å². The molecule has 1 aromatic carbocycles. The van der Waals surface area contributed by atoms with Crippen molar-refractivity contribution >= 4 is 11.6 Å². The predicted octanol–water partition coefficient (Wildman–Crippen LogP) is 3.61. The van der Waals surface area contributed by atoms with Gasteiger partial charge in [-0.2, -0.15) is 0 Å². The fourth-order valence-electron chi connectivity index (χ4n) is 1.25. The van der Waals surface area contributed by atoms with Crippen molar-refractivity contribution in [2.24, 2.45) is 0 Å². The lowest BCUT2D eigenvalue weighted by Gasteiger charge is -2.06. The summed E-state index contributed by atoms with van der Waals surface area (Å²) < 4.78 is 12.8. The molecule has 1 N–H and O–H groups in total. The summed E-state index contributed by atoms with van der Waals surface area (Å²) in [6.07, 6.45) is 0.748. The molecule has 3 heteroatoms. The topological polar surface area (TPSA) is 12.0 Å². The summed E-state index contributed by atoms with van der Waals surface area (Å²) in [6.45, 7) is 8.76. The molecule has 0 saturated carbocycles. The zero-order valence-corrected chi connectivity index (χ0v) is 9.86. The third-order valence-corrected chi connectivity index (χ3v) is 2.47. The second-order valence-electron chi connectivity index (χ2n) is 3.57. The van der Waals surface area contributed by atoms with E-state index in [4.69, 9.17) is 11.6 Å². The summed E-state index contributed by atoms with van der Waals surface area (Å²) in [6, 6.07) is 6.53. The fourth-order valence-corrected chi connectivity index (χ4v) is 1.35. The van der Waals surface area contributed by atoms with Crippen molar-refractivity contribution in [1.82, 2.24) is 5.32 Å². The molecule has 1 aromatic rings. The highest BCUT2D eigenvalue weighted by molar-refractivity contribution is 6.31. The van der Waals surface area contributed by atoms with E-state index in [0.717, 1.165) is 24.1 Å². The lowest BCUT2D eigenvalue weighted by Crippen LogP contribution is -2.15. The Morgan fingerprint density at radius 1 is 1.38 bits per heavy atom. The van der Waals surface area contributed by atoms with Crippen LogP contribution < -0.4 is 5.32 Å². The molecular weight excluding hydrogens is 225 g/mol. The van der Waals surface area contributed by atoms with E-state index >= 15 is 0 Å². The summed E-state index contributed by atoms with van der Waals surface area (Å²) in [5.74, 6) is -0.210. The summed E-state index contributed by atoms with van der Waals surface area (Å²) in [4.78, 5) is 0. The van der Waals surface area contributed by atoms with Crippen LogP contribution in [0.5, 0.6) is 0 Å². The molecule has 0 radical (unpaired) electrons. The van der Waals surface area contributed by atoms with Crippen molar-refractivity contribution in [3.8, 4) is 0 Å². The molecule has 0 bridgehead atoms. The fraction of sp³-hybridized carbons (Fsp3) is 0.231. The third kappa shape index (κ3) is 4.60. The molecule has 0 fully saturated rings. The molecule has 0 aliphatic heterocycles. The number of hydrogen-bond donors (Lipinski definition) is 1. The molecule has 1 rings (SSSR count). The van der Waals surface area contributed by atoms with Crippen molar-refractivity contribution in [3.05, 3.63) is 59.4 Å². The summed E-state index contributed by atoms with van der Waals surface area (Å²) in [7, 11) is 0. The molecule has 0 unspecified atom stereocenters. The largest absolute Gasteiger partial charge is 0.312 e. The summed E-state index contributed by atoms with van der Waals surface area (Å²) in [5, 5.41) is 3.68. The average molecular weight is 240 g/mol. The molecule has 0 heterocycles. The van der Waals surface area contributed by atoms with Gasteiger partial charge in [-0.25, -0.2) is 4.39 Å². The van der Waals surface area contributed by atoms with Crippen LogP contribution in [0.1, 0.15) is 12.0 Å². The minimum absolute atomic E-state index is 0.210. The van der Waals surface area contributed by atoms with E-state index in [9.17, 15) is 4.39 Å². The van der Waals surface area contributed by atoms with Gasteiger partial charge in [0.2, 0.25) is 0 Å². The van der Waals surface area contributed by atoms with Crippen molar-refractivity contribution in [3.63, 3.8) is 0 Å². The number of allylic oxidation sites excluding steroid dienone is 1. The first kappa shape index (κ1) is 12.9. The number of rotatable bonds is 6. The zero-order valence-electron chi connectivity index (χ0n) is 9.10. The Labute approximate surface area is 101 Å². The van der Waals surface area contributed by atoms with Crippen LogP contribution in [0.15, 0.2) is 48.0 Å². The van der Waals surface area contributed by atoms with Crippen molar-refractivity contribution < 1.29 is 4.39 Å². The Hall–Kier alpha value is -1.12. The van der Waals surface area contributed by atoms with E-state index in [1.54, 1.807) is 6.07 Å². The Kier molecular flexibility index (Phi) is 5.23. The van der Waals surface area contributed by atoms with Gasteiger partial charge >= 0.3 is 0 Å². The molecule has 0 atom stereocenters. The quantitative estimate of drug-likeness (QED) is 0.591. The highest BCUT2D eigenvalue weighted by Gasteiger charge is 1.97. The van der Waals surface area contributed by atoms with Gasteiger partial charge in [-0.3, -0.25) is 0 Å². The first-order chi connectivity index (χ1) is 7.59. The van der Waals surface area contributed by atoms with Gasteiger partial charge in [0.15, 0.2) is 0 Å². The van der Waals surface area contributed by atoms with Crippen LogP contribution in [0, 0.1) is 5.82 Å². The molecule has 0 spiro atoms. The predicted molar refractivity (Wildman–Crippen MR) is 66.9 cm³/mol. The molecule has 0 saturated heterocycles.